The van der Waals surface area contributed by atoms with Gasteiger partial charge in [0.1, 0.15) is 0 Å². The minimum absolute atomic E-state index is 0.150. The van der Waals surface area contributed by atoms with Crippen LogP contribution in [0.2, 0.25) is 0 Å². The number of likely N-dealkylation sites (tertiary alicyclic amines) is 1. The highest BCUT2D eigenvalue weighted by atomic mass is 16.2. The Bertz CT molecular complexity index is 718. The van der Waals surface area contributed by atoms with Crippen molar-refractivity contribution in [2.45, 2.75) is 38.1 Å². The van der Waals surface area contributed by atoms with Crippen molar-refractivity contribution >= 4 is 5.91 Å². The average Bonchev–Trinajstić information content (AvgIpc) is 3.04. The van der Waals surface area contributed by atoms with Crippen LogP contribution in [0.1, 0.15) is 42.3 Å². The van der Waals surface area contributed by atoms with Gasteiger partial charge in [0.25, 0.3) is 0 Å². The fraction of sp³-hybridized carbons (Fsp3) is 0.588. The summed E-state index contributed by atoms with van der Waals surface area (Å²) in [6.45, 7) is 3.72. The fourth-order valence-electron chi connectivity index (χ4n) is 3.71. The first-order valence-corrected chi connectivity index (χ1v) is 8.40. The van der Waals surface area contributed by atoms with E-state index < -0.39 is 0 Å². The van der Waals surface area contributed by atoms with Crippen LogP contribution in [-0.4, -0.2) is 43.5 Å². The zero-order valence-electron chi connectivity index (χ0n) is 13.7. The van der Waals surface area contributed by atoms with Crippen molar-refractivity contribution in [3.05, 3.63) is 35.9 Å². The molecule has 3 unspecified atom stereocenters. The number of rotatable bonds is 3. The molecule has 2 aliphatic rings. The summed E-state index contributed by atoms with van der Waals surface area (Å²) in [7, 11) is 1.92. The lowest BCUT2D eigenvalue weighted by Gasteiger charge is -2.33. The smallest absolute Gasteiger partial charge is 0.226 e. The van der Waals surface area contributed by atoms with Crippen molar-refractivity contribution < 1.29 is 4.79 Å². The Morgan fingerprint density at radius 2 is 2.13 bits per heavy atom. The second kappa shape index (κ2) is 5.51. The molecule has 2 aromatic heterocycles. The minimum Gasteiger partial charge on any atom is -0.340 e. The second-order valence-corrected chi connectivity index (χ2v) is 6.97. The molecule has 1 amide bonds. The first-order valence-electron chi connectivity index (χ1n) is 8.40. The third kappa shape index (κ3) is 2.78. The topological polar surface area (TPSA) is 56.0 Å². The molecule has 3 heterocycles. The quantitative estimate of drug-likeness (QED) is 0.869. The van der Waals surface area contributed by atoms with Crippen LogP contribution in [0, 0.1) is 12.8 Å². The molecule has 0 aromatic carbocycles. The molecule has 3 atom stereocenters. The highest BCUT2D eigenvalue weighted by Gasteiger charge is 2.47. The summed E-state index contributed by atoms with van der Waals surface area (Å²) in [5.74, 6) is 0.827. The van der Waals surface area contributed by atoms with Gasteiger partial charge in [-0.15, -0.1) is 0 Å². The van der Waals surface area contributed by atoms with Crippen LogP contribution in [0.5, 0.6) is 0 Å². The highest BCUT2D eigenvalue weighted by molar-refractivity contribution is 5.83. The SMILES string of the molecule is Cc1cnn(C2CCCN(C(=O)C3CC3c3cnn(C)c3)C2)c1. The Kier molecular flexibility index (Phi) is 3.47. The standard InChI is InChI=1S/C17H23N5O/c1-12-7-19-22(9-12)14-4-3-5-21(11-14)17(23)16-6-15(16)13-8-18-20(2)10-13/h7-10,14-16H,3-6,11H2,1-2H3. The van der Waals surface area contributed by atoms with Gasteiger partial charge in [0, 0.05) is 38.4 Å². The van der Waals surface area contributed by atoms with E-state index in [-0.39, 0.29) is 5.92 Å². The molecule has 2 fully saturated rings. The average molecular weight is 313 g/mol. The number of carbonyl (C=O) groups excluding carboxylic acids is 1. The summed E-state index contributed by atoms with van der Waals surface area (Å²) in [5.41, 5.74) is 2.37. The third-order valence-electron chi connectivity index (χ3n) is 5.07. The Morgan fingerprint density at radius 3 is 2.83 bits per heavy atom. The van der Waals surface area contributed by atoms with Crippen molar-refractivity contribution in [3.63, 3.8) is 0 Å². The second-order valence-electron chi connectivity index (χ2n) is 6.97. The van der Waals surface area contributed by atoms with Crippen LogP contribution in [0.15, 0.2) is 24.8 Å². The predicted molar refractivity (Wildman–Crippen MR) is 85.9 cm³/mol. The summed E-state index contributed by atoms with van der Waals surface area (Å²) in [5, 5.41) is 8.65. The molecular formula is C17H23N5O. The maximum Gasteiger partial charge on any atom is 0.226 e. The van der Waals surface area contributed by atoms with E-state index in [1.807, 2.05) is 39.9 Å². The fourth-order valence-corrected chi connectivity index (χ4v) is 3.71. The van der Waals surface area contributed by atoms with Crippen LogP contribution in [0.25, 0.3) is 0 Å². The maximum atomic E-state index is 12.8. The summed E-state index contributed by atoms with van der Waals surface area (Å²) in [4.78, 5) is 14.8. The Hall–Kier alpha value is -2.11. The largest absolute Gasteiger partial charge is 0.340 e. The number of carbonyl (C=O) groups is 1. The molecule has 0 radical (unpaired) electrons. The summed E-state index contributed by atoms with van der Waals surface area (Å²) in [6.07, 6.45) is 11.0. The molecule has 1 saturated carbocycles. The van der Waals surface area contributed by atoms with Crippen LogP contribution in [0.3, 0.4) is 0 Å². The molecule has 122 valence electrons. The molecule has 23 heavy (non-hydrogen) atoms. The summed E-state index contributed by atoms with van der Waals surface area (Å²) < 4.78 is 3.84. The molecule has 4 rings (SSSR count). The van der Waals surface area contributed by atoms with Gasteiger partial charge < -0.3 is 4.90 Å². The minimum atomic E-state index is 0.150. The van der Waals surface area contributed by atoms with Gasteiger partial charge in [0.15, 0.2) is 0 Å². The number of amides is 1. The maximum absolute atomic E-state index is 12.8. The monoisotopic (exact) mass is 313 g/mol. The van der Waals surface area contributed by atoms with Crippen LogP contribution in [0.4, 0.5) is 0 Å². The van der Waals surface area contributed by atoms with Crippen molar-refractivity contribution in [2.24, 2.45) is 13.0 Å². The van der Waals surface area contributed by atoms with E-state index in [0.29, 0.717) is 17.9 Å². The number of aromatic nitrogens is 4. The highest BCUT2D eigenvalue weighted by Crippen LogP contribution is 2.48. The molecule has 6 nitrogen and oxygen atoms in total. The van der Waals surface area contributed by atoms with Crippen LogP contribution in [-0.2, 0) is 11.8 Å². The first kappa shape index (κ1) is 14.5. The van der Waals surface area contributed by atoms with Crippen molar-refractivity contribution in [1.29, 1.82) is 0 Å². The lowest BCUT2D eigenvalue weighted by molar-refractivity contribution is -0.134. The van der Waals surface area contributed by atoms with Gasteiger partial charge in [-0.3, -0.25) is 14.2 Å². The van der Waals surface area contributed by atoms with Crippen LogP contribution < -0.4 is 0 Å². The summed E-state index contributed by atoms with van der Waals surface area (Å²) in [6, 6.07) is 0.317. The van der Waals surface area contributed by atoms with E-state index in [9.17, 15) is 4.79 Å². The van der Waals surface area contributed by atoms with E-state index in [2.05, 4.69) is 23.3 Å². The molecule has 1 saturated heterocycles. The Morgan fingerprint density at radius 1 is 1.26 bits per heavy atom. The van der Waals surface area contributed by atoms with Crippen LogP contribution >= 0.6 is 0 Å². The van der Waals surface area contributed by atoms with Gasteiger partial charge in [-0.05, 0) is 43.2 Å². The van der Waals surface area contributed by atoms with Crippen molar-refractivity contribution in [3.8, 4) is 0 Å². The predicted octanol–water partition coefficient (Wildman–Crippen LogP) is 1.89. The normalized spacial score (nSPS) is 27.2. The molecule has 1 aliphatic heterocycles. The lowest BCUT2D eigenvalue weighted by atomic mass is 10.0. The van der Waals surface area contributed by atoms with Gasteiger partial charge in [-0.1, -0.05) is 0 Å². The number of nitrogens with zero attached hydrogens (tertiary/aromatic N) is 5. The number of piperidine rings is 1. The third-order valence-corrected chi connectivity index (χ3v) is 5.07. The van der Waals surface area contributed by atoms with Gasteiger partial charge in [0.05, 0.1) is 18.4 Å². The van der Waals surface area contributed by atoms with E-state index in [1.54, 1.807) is 0 Å². The molecule has 0 N–H and O–H groups in total. The van der Waals surface area contributed by atoms with E-state index in [0.717, 1.165) is 32.4 Å². The van der Waals surface area contributed by atoms with Crippen molar-refractivity contribution in [2.75, 3.05) is 13.1 Å². The molecule has 0 spiro atoms. The zero-order chi connectivity index (χ0) is 16.0. The lowest BCUT2D eigenvalue weighted by Crippen LogP contribution is -2.41. The molecule has 1 aliphatic carbocycles. The van der Waals surface area contributed by atoms with E-state index in [1.165, 1.54) is 11.1 Å². The van der Waals surface area contributed by atoms with E-state index in [4.69, 9.17) is 0 Å². The van der Waals surface area contributed by atoms with Gasteiger partial charge in [-0.25, -0.2) is 0 Å². The zero-order valence-corrected chi connectivity index (χ0v) is 13.7. The first-order chi connectivity index (χ1) is 11.1. The Balaban J connectivity index is 1.41. The van der Waals surface area contributed by atoms with Gasteiger partial charge in [0.2, 0.25) is 5.91 Å². The molecule has 2 aromatic rings. The molecule has 0 bridgehead atoms. The van der Waals surface area contributed by atoms with Crippen molar-refractivity contribution in [1.82, 2.24) is 24.5 Å². The number of aryl methyl sites for hydroxylation is 2. The molecular weight excluding hydrogens is 290 g/mol. The summed E-state index contributed by atoms with van der Waals surface area (Å²) >= 11 is 0. The number of hydrogen-bond acceptors (Lipinski definition) is 3. The van der Waals surface area contributed by atoms with Gasteiger partial charge in [-0.2, -0.15) is 10.2 Å². The van der Waals surface area contributed by atoms with Gasteiger partial charge >= 0.3 is 0 Å². The Labute approximate surface area is 136 Å². The number of hydrogen-bond donors (Lipinski definition) is 0. The van der Waals surface area contributed by atoms with E-state index >= 15 is 0 Å². The molecule has 6 heteroatoms.